The van der Waals surface area contributed by atoms with Crippen LogP contribution in [0.1, 0.15) is 18.4 Å². The van der Waals surface area contributed by atoms with Gasteiger partial charge in [0.25, 0.3) is 0 Å². The lowest BCUT2D eigenvalue weighted by molar-refractivity contribution is -0.192. The van der Waals surface area contributed by atoms with Crippen molar-refractivity contribution >= 4 is 35.2 Å². The van der Waals surface area contributed by atoms with Crippen LogP contribution in [0.2, 0.25) is 5.02 Å². The lowest BCUT2D eigenvalue weighted by Gasteiger charge is -2.17. The molecular weight excluding hydrogens is 477 g/mol. The van der Waals surface area contributed by atoms with E-state index in [0.29, 0.717) is 30.3 Å². The van der Waals surface area contributed by atoms with Crippen molar-refractivity contribution in [2.75, 3.05) is 18.4 Å². The molecule has 1 saturated carbocycles. The highest BCUT2D eigenvalue weighted by atomic mass is 35.5. The highest BCUT2D eigenvalue weighted by Gasteiger charge is 2.61. The maximum Gasteiger partial charge on any atom is 0.490 e. The van der Waals surface area contributed by atoms with Gasteiger partial charge >= 0.3 is 18.2 Å². The van der Waals surface area contributed by atoms with Crippen molar-refractivity contribution in [1.82, 2.24) is 15.2 Å². The van der Waals surface area contributed by atoms with Crippen LogP contribution in [0.4, 0.5) is 23.7 Å². The Balaban J connectivity index is 0.000000406. The first-order valence-electron chi connectivity index (χ1n) is 10.3. The normalized spacial score (nSPS) is 20.8. The minimum atomic E-state index is -5.08. The van der Waals surface area contributed by atoms with E-state index in [1.807, 2.05) is 12.1 Å². The number of urea groups is 1. The van der Waals surface area contributed by atoms with Gasteiger partial charge in [-0.2, -0.15) is 13.2 Å². The summed E-state index contributed by atoms with van der Waals surface area (Å²) in [6.07, 6.45) is 0.0906. The number of hydrogen-bond donors (Lipinski definition) is 3. The van der Waals surface area contributed by atoms with Crippen LogP contribution in [0, 0.1) is 11.3 Å². The largest absolute Gasteiger partial charge is 0.490 e. The predicted molar refractivity (Wildman–Crippen MR) is 117 cm³/mol. The van der Waals surface area contributed by atoms with Gasteiger partial charge in [-0.25, -0.2) is 9.59 Å². The Morgan fingerprint density at radius 2 is 1.88 bits per heavy atom. The van der Waals surface area contributed by atoms with Gasteiger partial charge in [0.1, 0.15) is 0 Å². The molecule has 1 spiro atoms. The third-order valence-electron chi connectivity index (χ3n) is 5.71. The number of benzene rings is 1. The van der Waals surface area contributed by atoms with E-state index >= 15 is 0 Å². The topological polar surface area (TPSA) is 112 Å². The van der Waals surface area contributed by atoms with Gasteiger partial charge in [0.2, 0.25) is 5.91 Å². The van der Waals surface area contributed by atoms with Crippen molar-refractivity contribution in [3.8, 4) is 0 Å². The second-order valence-corrected chi connectivity index (χ2v) is 8.55. The summed E-state index contributed by atoms with van der Waals surface area (Å²) in [5.41, 5.74) is 1.64. The number of carbonyl (C=O) groups excluding carboxylic acids is 2. The number of carboxylic acids is 1. The van der Waals surface area contributed by atoms with E-state index in [-0.39, 0.29) is 23.3 Å². The summed E-state index contributed by atoms with van der Waals surface area (Å²) >= 11 is 5.87. The maximum absolute atomic E-state index is 12.5. The fourth-order valence-electron chi connectivity index (χ4n) is 3.79. The van der Waals surface area contributed by atoms with Gasteiger partial charge in [-0.05, 0) is 48.7 Å². The number of anilines is 1. The zero-order valence-electron chi connectivity index (χ0n) is 17.8. The molecule has 34 heavy (non-hydrogen) atoms. The van der Waals surface area contributed by atoms with Gasteiger partial charge in [0.15, 0.2) is 0 Å². The molecule has 2 heterocycles. The molecule has 2 aliphatic rings. The SMILES string of the molecule is O=C(NCc1cccnc1)C1CC12CCN(C(=O)Nc1ccc(Cl)cc1)C2.O=C(O)C(F)(F)F. The van der Waals surface area contributed by atoms with E-state index in [9.17, 15) is 22.8 Å². The van der Waals surface area contributed by atoms with Crippen LogP contribution in [-0.2, 0) is 16.1 Å². The second-order valence-electron chi connectivity index (χ2n) is 8.11. The van der Waals surface area contributed by atoms with Gasteiger partial charge in [-0.3, -0.25) is 9.78 Å². The Morgan fingerprint density at radius 1 is 1.21 bits per heavy atom. The Bertz CT molecular complexity index is 1040. The number of rotatable bonds is 4. The summed E-state index contributed by atoms with van der Waals surface area (Å²) < 4.78 is 31.7. The minimum absolute atomic E-state index is 0.0116. The Labute approximate surface area is 198 Å². The molecule has 2 fully saturated rings. The fraction of sp³-hybridized carbons (Fsp3) is 0.364. The van der Waals surface area contributed by atoms with Crippen molar-refractivity contribution in [3.63, 3.8) is 0 Å². The number of likely N-dealkylation sites (tertiary alicyclic amines) is 1. The van der Waals surface area contributed by atoms with E-state index in [2.05, 4.69) is 15.6 Å². The Morgan fingerprint density at radius 3 is 2.47 bits per heavy atom. The quantitative estimate of drug-likeness (QED) is 0.591. The van der Waals surface area contributed by atoms with Crippen LogP contribution in [0.25, 0.3) is 0 Å². The van der Waals surface area contributed by atoms with Crippen molar-refractivity contribution in [3.05, 3.63) is 59.4 Å². The lowest BCUT2D eigenvalue weighted by atomic mass is 10.0. The van der Waals surface area contributed by atoms with E-state index in [0.717, 1.165) is 18.4 Å². The molecule has 2 atom stereocenters. The minimum Gasteiger partial charge on any atom is -0.475 e. The first-order valence-corrected chi connectivity index (χ1v) is 10.7. The van der Waals surface area contributed by atoms with Crippen molar-refractivity contribution in [2.45, 2.75) is 25.6 Å². The first kappa shape index (κ1) is 25.3. The van der Waals surface area contributed by atoms with Crippen molar-refractivity contribution < 1.29 is 32.7 Å². The molecule has 2 aromatic rings. The molecule has 8 nitrogen and oxygen atoms in total. The van der Waals surface area contributed by atoms with Gasteiger partial charge in [-0.1, -0.05) is 17.7 Å². The van der Waals surface area contributed by atoms with Crippen molar-refractivity contribution in [2.24, 2.45) is 11.3 Å². The van der Waals surface area contributed by atoms with E-state index in [4.69, 9.17) is 21.5 Å². The highest BCUT2D eigenvalue weighted by Crippen LogP contribution is 2.58. The molecule has 1 aromatic heterocycles. The number of amides is 3. The third kappa shape index (κ3) is 6.60. The Hall–Kier alpha value is -3.34. The summed E-state index contributed by atoms with van der Waals surface area (Å²) in [7, 11) is 0. The number of carboxylic acid groups (broad SMARTS) is 1. The number of alkyl halides is 3. The van der Waals surface area contributed by atoms with Crippen LogP contribution in [0.3, 0.4) is 0 Å². The van der Waals surface area contributed by atoms with Gasteiger partial charge in [0, 0.05) is 54.1 Å². The van der Waals surface area contributed by atoms with Crippen LogP contribution < -0.4 is 10.6 Å². The molecule has 3 amide bonds. The summed E-state index contributed by atoms with van der Waals surface area (Å²) in [4.78, 5) is 39.7. The number of aliphatic carboxylic acids is 1. The predicted octanol–water partition coefficient (Wildman–Crippen LogP) is 3.93. The molecule has 0 bridgehead atoms. The average Bonchev–Trinajstić information content (AvgIpc) is 3.33. The smallest absolute Gasteiger partial charge is 0.475 e. The summed E-state index contributed by atoms with van der Waals surface area (Å²) in [5.74, 6) is -2.70. The van der Waals surface area contributed by atoms with E-state index in [1.54, 1.807) is 41.6 Å². The van der Waals surface area contributed by atoms with Crippen LogP contribution in [-0.4, -0.2) is 52.2 Å². The molecule has 3 N–H and O–H groups in total. The first-order chi connectivity index (χ1) is 16.0. The molecule has 1 aliphatic heterocycles. The zero-order valence-corrected chi connectivity index (χ0v) is 18.6. The summed E-state index contributed by atoms with van der Waals surface area (Å²) in [5, 5.41) is 13.6. The number of pyridine rings is 1. The monoisotopic (exact) mass is 498 g/mol. The van der Waals surface area contributed by atoms with E-state index in [1.165, 1.54) is 0 Å². The summed E-state index contributed by atoms with van der Waals surface area (Å²) in [6, 6.07) is 10.7. The van der Waals surface area contributed by atoms with Gasteiger partial charge < -0.3 is 20.6 Å². The molecule has 12 heteroatoms. The number of nitrogens with one attached hydrogen (secondary N) is 2. The molecule has 4 rings (SSSR count). The van der Waals surface area contributed by atoms with Gasteiger partial charge in [-0.15, -0.1) is 0 Å². The standard InChI is InChI=1S/C20H21ClN4O2.C2HF3O2/c21-15-3-5-16(6-4-15)24-19(27)25-9-7-20(13-25)10-17(20)18(26)23-12-14-2-1-8-22-11-14;3-2(4,5)1(6)7/h1-6,8,11,17H,7,9-10,12-13H2,(H,23,26)(H,24,27);(H,6,7). The van der Waals surface area contributed by atoms with Gasteiger partial charge in [0.05, 0.1) is 0 Å². The average molecular weight is 499 g/mol. The van der Waals surface area contributed by atoms with Crippen LogP contribution in [0.15, 0.2) is 48.8 Å². The summed E-state index contributed by atoms with van der Waals surface area (Å²) in [6.45, 7) is 1.78. The molecule has 0 radical (unpaired) electrons. The fourth-order valence-corrected chi connectivity index (χ4v) is 3.92. The van der Waals surface area contributed by atoms with E-state index < -0.39 is 12.1 Å². The maximum atomic E-state index is 12.5. The van der Waals surface area contributed by atoms with Crippen LogP contribution in [0.5, 0.6) is 0 Å². The van der Waals surface area contributed by atoms with Crippen molar-refractivity contribution in [1.29, 1.82) is 0 Å². The molecule has 1 aliphatic carbocycles. The number of hydrogen-bond acceptors (Lipinski definition) is 4. The lowest BCUT2D eigenvalue weighted by Crippen LogP contribution is -2.34. The number of carbonyl (C=O) groups is 3. The number of aromatic nitrogens is 1. The van der Waals surface area contributed by atoms with Crippen LogP contribution >= 0.6 is 11.6 Å². The molecule has 182 valence electrons. The second kappa shape index (κ2) is 10.3. The third-order valence-corrected chi connectivity index (χ3v) is 5.96. The zero-order chi connectivity index (χ0) is 24.9. The molecule has 1 saturated heterocycles. The highest BCUT2D eigenvalue weighted by molar-refractivity contribution is 6.30. The number of nitrogens with zero attached hydrogens (tertiary/aromatic N) is 2. The molecular formula is C22H22ClF3N4O4. The molecule has 2 unspecified atom stereocenters. The molecule has 1 aromatic carbocycles. The number of halogens is 4. The Kier molecular flexibility index (Phi) is 7.65.